The summed E-state index contributed by atoms with van der Waals surface area (Å²) in [6, 6.07) is -0.247. The molecule has 2 N–H and O–H groups in total. The molecule has 0 bridgehead atoms. The summed E-state index contributed by atoms with van der Waals surface area (Å²) in [6.45, 7) is 5.59. The van der Waals surface area contributed by atoms with Gasteiger partial charge in [-0.25, -0.2) is 0 Å². The second kappa shape index (κ2) is 5.49. The van der Waals surface area contributed by atoms with Crippen molar-refractivity contribution in [3.8, 4) is 0 Å². The topological polar surface area (TPSA) is 75.6 Å². The van der Waals surface area contributed by atoms with Crippen LogP contribution in [0.4, 0.5) is 0 Å². The van der Waals surface area contributed by atoms with Crippen LogP contribution in [0.1, 0.15) is 40.0 Å². The molecule has 98 valence electrons. The highest BCUT2D eigenvalue weighted by Gasteiger charge is 2.33. The number of aliphatic carboxylic acids is 1. The van der Waals surface area contributed by atoms with E-state index in [1.807, 2.05) is 20.8 Å². The zero-order valence-electron chi connectivity index (χ0n) is 10.7. The van der Waals surface area contributed by atoms with E-state index in [0.717, 1.165) is 12.8 Å². The van der Waals surface area contributed by atoms with Gasteiger partial charge in [0.2, 0.25) is 5.91 Å². The molecule has 1 aliphatic carbocycles. The van der Waals surface area contributed by atoms with Gasteiger partial charge in [-0.15, -0.1) is 0 Å². The molecule has 0 saturated heterocycles. The summed E-state index contributed by atoms with van der Waals surface area (Å²) in [7, 11) is 0. The fraction of sp³-hybridized carbons (Fsp3) is 0.833. The van der Waals surface area contributed by atoms with E-state index < -0.39 is 11.9 Å². The Labute approximate surface area is 102 Å². The molecule has 0 spiro atoms. The summed E-state index contributed by atoms with van der Waals surface area (Å²) < 4.78 is 5.34. The van der Waals surface area contributed by atoms with Gasteiger partial charge in [0.05, 0.1) is 11.5 Å². The van der Waals surface area contributed by atoms with Crippen molar-refractivity contribution in [2.75, 3.05) is 6.61 Å². The molecule has 1 fully saturated rings. The van der Waals surface area contributed by atoms with Gasteiger partial charge in [-0.3, -0.25) is 9.59 Å². The number of carboxylic acid groups (broad SMARTS) is 1. The van der Waals surface area contributed by atoms with Crippen molar-refractivity contribution in [1.82, 2.24) is 5.32 Å². The molecule has 0 radical (unpaired) electrons. The largest absolute Gasteiger partial charge is 0.481 e. The molecule has 5 heteroatoms. The van der Waals surface area contributed by atoms with Gasteiger partial charge >= 0.3 is 5.97 Å². The lowest BCUT2D eigenvalue weighted by atomic mass is 10.0. The minimum atomic E-state index is -0.829. The Morgan fingerprint density at radius 3 is 2.53 bits per heavy atom. The van der Waals surface area contributed by atoms with Crippen molar-refractivity contribution in [3.05, 3.63) is 0 Å². The average Bonchev–Trinajstić information content (AvgIpc) is 2.62. The molecule has 0 heterocycles. The summed E-state index contributed by atoms with van der Waals surface area (Å²) in [5.41, 5.74) is -0.362. The Morgan fingerprint density at radius 1 is 1.35 bits per heavy atom. The molecule has 1 aliphatic rings. The molecule has 2 atom stereocenters. The molecule has 0 aromatic carbocycles. The maximum Gasteiger partial charge on any atom is 0.308 e. The minimum Gasteiger partial charge on any atom is -0.481 e. The van der Waals surface area contributed by atoms with Crippen LogP contribution in [0.2, 0.25) is 0 Å². The molecule has 1 amide bonds. The molecule has 0 aromatic rings. The first-order valence-corrected chi connectivity index (χ1v) is 5.96. The van der Waals surface area contributed by atoms with Crippen LogP contribution >= 0.6 is 0 Å². The smallest absolute Gasteiger partial charge is 0.308 e. The van der Waals surface area contributed by atoms with E-state index in [2.05, 4.69) is 5.32 Å². The molecule has 0 aromatic heterocycles. The maximum atomic E-state index is 11.6. The molecule has 17 heavy (non-hydrogen) atoms. The van der Waals surface area contributed by atoms with Crippen LogP contribution in [-0.4, -0.2) is 35.2 Å². The van der Waals surface area contributed by atoms with E-state index in [4.69, 9.17) is 9.84 Å². The molecule has 5 nitrogen and oxygen atoms in total. The van der Waals surface area contributed by atoms with Crippen LogP contribution in [0.3, 0.4) is 0 Å². The van der Waals surface area contributed by atoms with E-state index in [9.17, 15) is 9.59 Å². The van der Waals surface area contributed by atoms with Crippen LogP contribution < -0.4 is 5.32 Å². The van der Waals surface area contributed by atoms with Gasteiger partial charge in [-0.1, -0.05) is 6.42 Å². The second-order valence-electron chi connectivity index (χ2n) is 5.45. The van der Waals surface area contributed by atoms with Crippen LogP contribution in [0.15, 0.2) is 0 Å². The number of hydrogen-bond acceptors (Lipinski definition) is 3. The normalized spacial score (nSPS) is 24.6. The lowest BCUT2D eigenvalue weighted by Crippen LogP contribution is -2.42. The van der Waals surface area contributed by atoms with Crippen molar-refractivity contribution in [3.63, 3.8) is 0 Å². The zero-order valence-corrected chi connectivity index (χ0v) is 10.7. The third-order valence-electron chi connectivity index (χ3n) is 2.82. The van der Waals surface area contributed by atoms with Crippen molar-refractivity contribution in [2.45, 2.75) is 51.7 Å². The maximum absolute atomic E-state index is 11.6. The van der Waals surface area contributed by atoms with Crippen LogP contribution in [-0.2, 0) is 14.3 Å². The van der Waals surface area contributed by atoms with Gasteiger partial charge in [-0.2, -0.15) is 0 Å². The van der Waals surface area contributed by atoms with Crippen molar-refractivity contribution < 1.29 is 19.4 Å². The Morgan fingerprint density at radius 2 is 2.00 bits per heavy atom. The molecule has 2 unspecified atom stereocenters. The standard InChI is InChI=1S/C12H21NO4/c1-12(2,3)17-7-10(14)13-9-6-4-5-8(9)11(15)16/h8-9H,4-7H2,1-3H3,(H,13,14)(H,15,16). The van der Waals surface area contributed by atoms with Gasteiger partial charge in [0, 0.05) is 6.04 Å². The Balaban J connectivity index is 2.38. The summed E-state index contributed by atoms with van der Waals surface area (Å²) in [5.74, 6) is -1.52. The first-order chi connectivity index (χ1) is 7.79. The van der Waals surface area contributed by atoms with Crippen molar-refractivity contribution in [2.24, 2.45) is 5.92 Å². The van der Waals surface area contributed by atoms with E-state index in [1.165, 1.54) is 0 Å². The fourth-order valence-corrected chi connectivity index (χ4v) is 1.96. The van der Waals surface area contributed by atoms with E-state index in [1.54, 1.807) is 0 Å². The summed E-state index contributed by atoms with van der Waals surface area (Å²) in [6.07, 6.45) is 2.22. The summed E-state index contributed by atoms with van der Waals surface area (Å²) in [4.78, 5) is 22.5. The molecular formula is C12H21NO4. The van der Waals surface area contributed by atoms with Crippen LogP contribution in [0.5, 0.6) is 0 Å². The Hall–Kier alpha value is -1.10. The van der Waals surface area contributed by atoms with Gasteiger partial charge in [0.15, 0.2) is 0 Å². The molecular weight excluding hydrogens is 222 g/mol. The first kappa shape index (κ1) is 14.0. The van der Waals surface area contributed by atoms with E-state index in [0.29, 0.717) is 6.42 Å². The Bertz CT molecular complexity index is 295. The summed E-state index contributed by atoms with van der Waals surface area (Å²) in [5, 5.41) is 11.7. The van der Waals surface area contributed by atoms with Gasteiger partial charge in [0.1, 0.15) is 6.61 Å². The third kappa shape index (κ3) is 4.73. The lowest BCUT2D eigenvalue weighted by Gasteiger charge is -2.21. The molecule has 1 saturated carbocycles. The average molecular weight is 243 g/mol. The fourth-order valence-electron chi connectivity index (χ4n) is 1.96. The first-order valence-electron chi connectivity index (χ1n) is 5.96. The Kier molecular flexibility index (Phi) is 4.51. The number of amides is 1. The van der Waals surface area contributed by atoms with Crippen LogP contribution in [0, 0.1) is 5.92 Å². The predicted molar refractivity (Wildman–Crippen MR) is 62.6 cm³/mol. The number of ether oxygens (including phenoxy) is 1. The minimum absolute atomic E-state index is 0.0215. The number of rotatable bonds is 4. The van der Waals surface area contributed by atoms with Crippen molar-refractivity contribution >= 4 is 11.9 Å². The number of hydrogen-bond donors (Lipinski definition) is 2. The zero-order chi connectivity index (χ0) is 13.1. The highest BCUT2D eigenvalue weighted by atomic mass is 16.5. The monoisotopic (exact) mass is 243 g/mol. The molecule has 1 rings (SSSR count). The quantitative estimate of drug-likeness (QED) is 0.777. The van der Waals surface area contributed by atoms with Gasteiger partial charge in [-0.05, 0) is 33.6 Å². The van der Waals surface area contributed by atoms with E-state index in [-0.39, 0.29) is 24.2 Å². The predicted octanol–water partition coefficient (Wildman–Crippen LogP) is 1.17. The second-order valence-corrected chi connectivity index (χ2v) is 5.45. The SMILES string of the molecule is CC(C)(C)OCC(=O)NC1CCCC1C(=O)O. The third-order valence-corrected chi connectivity index (χ3v) is 2.82. The number of carbonyl (C=O) groups is 2. The van der Waals surface area contributed by atoms with Gasteiger partial charge < -0.3 is 15.2 Å². The number of carboxylic acids is 1. The number of nitrogens with one attached hydrogen (secondary N) is 1. The van der Waals surface area contributed by atoms with Crippen molar-refractivity contribution in [1.29, 1.82) is 0 Å². The van der Waals surface area contributed by atoms with E-state index >= 15 is 0 Å². The number of carbonyl (C=O) groups excluding carboxylic acids is 1. The lowest BCUT2D eigenvalue weighted by molar-refractivity contribution is -0.142. The molecule has 0 aliphatic heterocycles. The highest BCUT2D eigenvalue weighted by molar-refractivity contribution is 5.79. The van der Waals surface area contributed by atoms with Crippen LogP contribution in [0.25, 0.3) is 0 Å². The summed E-state index contributed by atoms with van der Waals surface area (Å²) >= 11 is 0. The highest BCUT2D eigenvalue weighted by Crippen LogP contribution is 2.25. The van der Waals surface area contributed by atoms with Gasteiger partial charge in [0.25, 0.3) is 0 Å².